The minimum atomic E-state index is -1.68. The summed E-state index contributed by atoms with van der Waals surface area (Å²) in [6.45, 7) is 0. The lowest BCUT2D eigenvalue weighted by Crippen LogP contribution is -2.28. The van der Waals surface area contributed by atoms with Crippen molar-refractivity contribution in [2.24, 2.45) is 0 Å². The van der Waals surface area contributed by atoms with Gasteiger partial charge in [-0.1, -0.05) is 24.3 Å². The average Bonchev–Trinajstić information content (AvgIpc) is 2.54. The molecular formula is C16H16O4. The average molecular weight is 272 g/mol. The number of aliphatic hydroxyl groups is 1. The van der Waals surface area contributed by atoms with Crippen LogP contribution in [0.15, 0.2) is 48.5 Å². The summed E-state index contributed by atoms with van der Waals surface area (Å²) in [6, 6.07) is 13.5. The fourth-order valence-corrected chi connectivity index (χ4v) is 1.99. The Labute approximate surface area is 117 Å². The highest BCUT2D eigenvalue weighted by atomic mass is 16.5. The second-order valence-electron chi connectivity index (χ2n) is 4.34. The molecule has 0 heterocycles. The van der Waals surface area contributed by atoms with Crippen LogP contribution in [-0.4, -0.2) is 25.6 Å². The number of aldehydes is 1. The number of carbonyl (C=O) groups excluding carboxylic acids is 1. The highest BCUT2D eigenvalue weighted by Gasteiger charge is 2.31. The molecule has 1 N–H and O–H groups in total. The molecule has 0 fully saturated rings. The van der Waals surface area contributed by atoms with Gasteiger partial charge in [-0.05, 0) is 35.4 Å². The molecule has 20 heavy (non-hydrogen) atoms. The van der Waals surface area contributed by atoms with Crippen LogP contribution in [0, 0.1) is 0 Å². The van der Waals surface area contributed by atoms with Crippen LogP contribution in [0.3, 0.4) is 0 Å². The Morgan fingerprint density at radius 2 is 1.20 bits per heavy atom. The van der Waals surface area contributed by atoms with Crippen molar-refractivity contribution in [2.45, 2.75) is 5.60 Å². The van der Waals surface area contributed by atoms with Gasteiger partial charge in [0, 0.05) is 0 Å². The molecule has 0 spiro atoms. The molecule has 0 saturated carbocycles. The molecule has 0 aromatic heterocycles. The summed E-state index contributed by atoms with van der Waals surface area (Å²) in [4.78, 5) is 11.4. The van der Waals surface area contributed by atoms with Gasteiger partial charge in [-0.2, -0.15) is 0 Å². The van der Waals surface area contributed by atoms with Gasteiger partial charge in [0.25, 0.3) is 0 Å². The summed E-state index contributed by atoms with van der Waals surface area (Å²) in [6.07, 6.45) is 0.524. The van der Waals surface area contributed by atoms with E-state index in [4.69, 9.17) is 9.47 Å². The van der Waals surface area contributed by atoms with Crippen LogP contribution < -0.4 is 9.47 Å². The summed E-state index contributed by atoms with van der Waals surface area (Å²) in [5, 5.41) is 10.6. The molecule has 0 aliphatic carbocycles. The maximum Gasteiger partial charge on any atom is 0.170 e. The predicted octanol–water partition coefficient (Wildman–Crippen LogP) is 2.14. The lowest BCUT2D eigenvalue weighted by Gasteiger charge is -2.23. The van der Waals surface area contributed by atoms with Gasteiger partial charge in [-0.25, -0.2) is 0 Å². The zero-order valence-corrected chi connectivity index (χ0v) is 11.4. The van der Waals surface area contributed by atoms with E-state index in [1.807, 2.05) is 0 Å². The molecule has 0 aliphatic heterocycles. The van der Waals surface area contributed by atoms with Gasteiger partial charge in [-0.15, -0.1) is 0 Å². The first kappa shape index (κ1) is 14.1. The first-order valence-corrected chi connectivity index (χ1v) is 6.12. The minimum absolute atomic E-state index is 0.485. The Hall–Kier alpha value is -2.33. The van der Waals surface area contributed by atoms with Crippen molar-refractivity contribution in [1.82, 2.24) is 0 Å². The van der Waals surface area contributed by atoms with E-state index in [0.717, 1.165) is 0 Å². The lowest BCUT2D eigenvalue weighted by molar-refractivity contribution is -0.121. The van der Waals surface area contributed by atoms with Crippen molar-refractivity contribution in [2.75, 3.05) is 14.2 Å². The molecule has 2 rings (SSSR count). The van der Waals surface area contributed by atoms with Crippen molar-refractivity contribution < 1.29 is 19.4 Å². The van der Waals surface area contributed by atoms with E-state index in [2.05, 4.69) is 0 Å². The summed E-state index contributed by atoms with van der Waals surface area (Å²) in [5.41, 5.74) is -0.713. The topological polar surface area (TPSA) is 55.8 Å². The number of rotatable bonds is 5. The fourth-order valence-electron chi connectivity index (χ4n) is 1.99. The minimum Gasteiger partial charge on any atom is -0.497 e. The Morgan fingerprint density at radius 1 is 0.850 bits per heavy atom. The van der Waals surface area contributed by atoms with Gasteiger partial charge in [-0.3, -0.25) is 4.79 Å². The van der Waals surface area contributed by atoms with E-state index >= 15 is 0 Å². The molecule has 104 valence electrons. The monoisotopic (exact) mass is 272 g/mol. The fraction of sp³-hybridized carbons (Fsp3) is 0.188. The number of carbonyl (C=O) groups is 1. The van der Waals surface area contributed by atoms with Crippen molar-refractivity contribution >= 4 is 6.29 Å². The van der Waals surface area contributed by atoms with Gasteiger partial charge < -0.3 is 14.6 Å². The Morgan fingerprint density at radius 3 is 1.45 bits per heavy atom. The molecule has 0 unspecified atom stereocenters. The molecule has 0 atom stereocenters. The number of ether oxygens (including phenoxy) is 2. The second kappa shape index (κ2) is 5.75. The molecule has 0 radical (unpaired) electrons. The summed E-state index contributed by atoms with van der Waals surface area (Å²) < 4.78 is 10.1. The van der Waals surface area contributed by atoms with E-state index in [9.17, 15) is 9.90 Å². The third kappa shape index (κ3) is 2.51. The SMILES string of the molecule is COc1ccc(C(O)(C=O)c2ccc(OC)cc2)cc1. The zero-order chi connectivity index (χ0) is 14.6. The molecule has 0 aliphatic rings. The molecule has 0 saturated heterocycles. The van der Waals surface area contributed by atoms with Crippen molar-refractivity contribution in [1.29, 1.82) is 0 Å². The normalized spacial score (nSPS) is 10.9. The Bertz CT molecular complexity index is 525. The van der Waals surface area contributed by atoms with Gasteiger partial charge in [0.15, 0.2) is 11.9 Å². The van der Waals surface area contributed by atoms with Crippen molar-refractivity contribution in [3.05, 3.63) is 59.7 Å². The largest absolute Gasteiger partial charge is 0.497 e. The molecule has 0 bridgehead atoms. The zero-order valence-electron chi connectivity index (χ0n) is 11.4. The summed E-state index contributed by atoms with van der Waals surface area (Å²) in [5.74, 6) is 1.33. The standard InChI is InChI=1S/C16H16O4/c1-19-14-7-3-12(4-8-14)16(18,11-17)13-5-9-15(20-2)10-6-13/h3-11,18H,1-2H3. The molecule has 2 aromatic carbocycles. The van der Waals surface area contributed by atoms with E-state index in [1.165, 1.54) is 0 Å². The molecule has 2 aromatic rings. The van der Waals surface area contributed by atoms with Gasteiger partial charge in [0.05, 0.1) is 14.2 Å². The molecule has 4 nitrogen and oxygen atoms in total. The van der Waals surface area contributed by atoms with Gasteiger partial charge in [0.2, 0.25) is 0 Å². The molecular weight excluding hydrogens is 256 g/mol. The van der Waals surface area contributed by atoms with Crippen LogP contribution >= 0.6 is 0 Å². The van der Waals surface area contributed by atoms with E-state index in [0.29, 0.717) is 28.9 Å². The third-order valence-corrected chi connectivity index (χ3v) is 3.23. The maximum absolute atomic E-state index is 11.4. The van der Waals surface area contributed by atoms with Crippen LogP contribution in [0.2, 0.25) is 0 Å². The summed E-state index contributed by atoms with van der Waals surface area (Å²) >= 11 is 0. The Balaban J connectivity index is 2.42. The van der Waals surface area contributed by atoms with Gasteiger partial charge in [0.1, 0.15) is 11.5 Å². The molecule has 0 amide bonds. The smallest absolute Gasteiger partial charge is 0.170 e. The quantitative estimate of drug-likeness (QED) is 0.847. The highest BCUT2D eigenvalue weighted by Crippen LogP contribution is 2.30. The van der Waals surface area contributed by atoms with Crippen LogP contribution in [0.1, 0.15) is 11.1 Å². The highest BCUT2D eigenvalue weighted by molar-refractivity contribution is 5.72. The maximum atomic E-state index is 11.4. The first-order chi connectivity index (χ1) is 9.63. The number of hydrogen-bond acceptors (Lipinski definition) is 4. The van der Waals surface area contributed by atoms with Crippen LogP contribution in [0.25, 0.3) is 0 Å². The van der Waals surface area contributed by atoms with Crippen molar-refractivity contribution in [3.8, 4) is 11.5 Å². The van der Waals surface area contributed by atoms with E-state index in [1.54, 1.807) is 62.8 Å². The van der Waals surface area contributed by atoms with Crippen LogP contribution in [0.5, 0.6) is 11.5 Å². The van der Waals surface area contributed by atoms with Crippen molar-refractivity contribution in [3.63, 3.8) is 0 Å². The van der Waals surface area contributed by atoms with E-state index < -0.39 is 5.60 Å². The van der Waals surface area contributed by atoms with Crippen LogP contribution in [-0.2, 0) is 10.4 Å². The number of methoxy groups -OCH3 is 2. The summed E-state index contributed by atoms with van der Waals surface area (Å²) in [7, 11) is 3.12. The second-order valence-corrected chi connectivity index (χ2v) is 4.34. The van der Waals surface area contributed by atoms with E-state index in [-0.39, 0.29) is 0 Å². The first-order valence-electron chi connectivity index (χ1n) is 6.12. The number of benzene rings is 2. The lowest BCUT2D eigenvalue weighted by atomic mass is 9.87. The van der Waals surface area contributed by atoms with Gasteiger partial charge >= 0.3 is 0 Å². The third-order valence-electron chi connectivity index (χ3n) is 3.23. The number of hydrogen-bond donors (Lipinski definition) is 1. The Kier molecular flexibility index (Phi) is 4.05. The van der Waals surface area contributed by atoms with Crippen LogP contribution in [0.4, 0.5) is 0 Å². The predicted molar refractivity (Wildman–Crippen MR) is 75.1 cm³/mol. The molecule has 4 heteroatoms.